The van der Waals surface area contributed by atoms with E-state index in [1.807, 2.05) is 41.0 Å². The van der Waals surface area contributed by atoms with Crippen LogP contribution in [-0.2, 0) is 16.0 Å². The number of thiophene rings is 1. The minimum atomic E-state index is -0.159. The van der Waals surface area contributed by atoms with Gasteiger partial charge in [0.25, 0.3) is 0 Å². The molecule has 140 valence electrons. The van der Waals surface area contributed by atoms with Crippen molar-refractivity contribution >= 4 is 34.0 Å². The highest BCUT2D eigenvalue weighted by Crippen LogP contribution is 2.34. The van der Waals surface area contributed by atoms with Crippen LogP contribution in [0.15, 0.2) is 60.4 Å². The van der Waals surface area contributed by atoms with Crippen molar-refractivity contribution in [3.63, 3.8) is 0 Å². The molecule has 0 radical (unpaired) electrons. The fourth-order valence-corrected chi connectivity index (χ4v) is 4.50. The van der Waals surface area contributed by atoms with Crippen LogP contribution in [0.1, 0.15) is 23.0 Å². The maximum Gasteiger partial charge on any atom is 0.227 e. The van der Waals surface area contributed by atoms with Gasteiger partial charge in [-0.05, 0) is 47.7 Å². The van der Waals surface area contributed by atoms with Crippen molar-refractivity contribution in [1.29, 1.82) is 0 Å². The average Bonchev–Trinajstić information content (AvgIpc) is 3.36. The SMILES string of the molecule is O=C(C[C@@H]1OCCc2ccsc21)Nc1ccc(-n2cnc3ccccc32)nc1. The molecule has 0 saturated carbocycles. The van der Waals surface area contributed by atoms with Crippen molar-refractivity contribution in [1.82, 2.24) is 14.5 Å². The molecule has 0 saturated heterocycles. The van der Waals surface area contributed by atoms with Gasteiger partial charge in [-0.1, -0.05) is 12.1 Å². The minimum Gasteiger partial charge on any atom is -0.372 e. The summed E-state index contributed by atoms with van der Waals surface area (Å²) in [7, 11) is 0. The third-order valence-electron chi connectivity index (χ3n) is 4.87. The molecule has 4 aromatic rings. The Balaban J connectivity index is 1.29. The van der Waals surface area contributed by atoms with E-state index in [1.54, 1.807) is 23.9 Å². The number of hydrogen-bond donors (Lipinski definition) is 1. The molecule has 1 N–H and O–H groups in total. The predicted octanol–water partition coefficient (Wildman–Crippen LogP) is 4.12. The number of rotatable bonds is 4. The summed E-state index contributed by atoms with van der Waals surface area (Å²) in [6, 6.07) is 13.7. The lowest BCUT2D eigenvalue weighted by atomic mass is 10.1. The van der Waals surface area contributed by atoms with Crippen LogP contribution < -0.4 is 5.32 Å². The van der Waals surface area contributed by atoms with E-state index in [0.717, 1.165) is 23.3 Å². The van der Waals surface area contributed by atoms with Gasteiger partial charge in [0.2, 0.25) is 5.91 Å². The second-order valence-corrected chi connectivity index (χ2v) is 7.63. The Morgan fingerprint density at radius 2 is 2.14 bits per heavy atom. The van der Waals surface area contributed by atoms with Crippen LogP contribution in [0.2, 0.25) is 0 Å². The molecule has 1 amide bonds. The molecule has 7 heteroatoms. The first-order chi connectivity index (χ1) is 13.8. The van der Waals surface area contributed by atoms with E-state index in [0.29, 0.717) is 18.7 Å². The fourth-order valence-electron chi connectivity index (χ4n) is 3.50. The number of nitrogens with zero attached hydrogens (tertiary/aromatic N) is 3. The molecule has 1 aliphatic heterocycles. The van der Waals surface area contributed by atoms with Gasteiger partial charge in [0, 0.05) is 4.88 Å². The third-order valence-corrected chi connectivity index (χ3v) is 5.92. The number of carbonyl (C=O) groups excluding carboxylic acids is 1. The summed E-state index contributed by atoms with van der Waals surface area (Å²) in [6.07, 6.45) is 4.49. The second-order valence-electron chi connectivity index (χ2n) is 6.68. The number of fused-ring (bicyclic) bond motifs is 2. The number of anilines is 1. The van der Waals surface area contributed by atoms with Gasteiger partial charge >= 0.3 is 0 Å². The Hall–Kier alpha value is -3.03. The summed E-state index contributed by atoms with van der Waals surface area (Å²) >= 11 is 1.66. The highest BCUT2D eigenvalue weighted by Gasteiger charge is 2.24. The number of imidazole rings is 1. The molecule has 1 aromatic carbocycles. The highest BCUT2D eigenvalue weighted by molar-refractivity contribution is 7.10. The van der Waals surface area contributed by atoms with Crippen LogP contribution in [-0.4, -0.2) is 27.0 Å². The molecule has 4 heterocycles. The van der Waals surface area contributed by atoms with E-state index in [1.165, 1.54) is 10.4 Å². The zero-order chi connectivity index (χ0) is 18.9. The van der Waals surface area contributed by atoms with Crippen LogP contribution >= 0.6 is 11.3 Å². The van der Waals surface area contributed by atoms with Gasteiger partial charge in [-0.25, -0.2) is 9.97 Å². The normalized spacial score (nSPS) is 16.1. The lowest BCUT2D eigenvalue weighted by Crippen LogP contribution is -2.21. The largest absolute Gasteiger partial charge is 0.372 e. The summed E-state index contributed by atoms with van der Waals surface area (Å²) in [5, 5.41) is 4.98. The fraction of sp³-hybridized carbons (Fsp3) is 0.190. The van der Waals surface area contributed by atoms with Crippen LogP contribution in [0.3, 0.4) is 0 Å². The molecule has 0 bridgehead atoms. The molecule has 6 nitrogen and oxygen atoms in total. The first-order valence-electron chi connectivity index (χ1n) is 9.14. The van der Waals surface area contributed by atoms with E-state index >= 15 is 0 Å². The molecular weight excluding hydrogens is 372 g/mol. The lowest BCUT2D eigenvalue weighted by molar-refractivity contribution is -0.119. The number of carbonyl (C=O) groups is 1. The van der Waals surface area contributed by atoms with Gasteiger partial charge in [0.05, 0.1) is 35.9 Å². The van der Waals surface area contributed by atoms with Crippen molar-refractivity contribution in [3.05, 3.63) is 70.8 Å². The number of pyridine rings is 1. The molecule has 1 atom stereocenters. The van der Waals surface area contributed by atoms with E-state index in [4.69, 9.17) is 4.74 Å². The molecule has 28 heavy (non-hydrogen) atoms. The molecule has 3 aromatic heterocycles. The maximum atomic E-state index is 12.5. The number of amides is 1. The van der Waals surface area contributed by atoms with E-state index < -0.39 is 0 Å². The number of hydrogen-bond acceptors (Lipinski definition) is 5. The van der Waals surface area contributed by atoms with Gasteiger partial charge < -0.3 is 10.1 Å². The van der Waals surface area contributed by atoms with Crippen molar-refractivity contribution < 1.29 is 9.53 Å². The van der Waals surface area contributed by atoms with Gasteiger partial charge in [-0.3, -0.25) is 9.36 Å². The lowest BCUT2D eigenvalue weighted by Gasteiger charge is -2.22. The molecule has 0 aliphatic carbocycles. The van der Waals surface area contributed by atoms with Crippen molar-refractivity contribution in [3.8, 4) is 5.82 Å². The second kappa shape index (κ2) is 7.18. The van der Waals surface area contributed by atoms with Gasteiger partial charge in [-0.15, -0.1) is 11.3 Å². The van der Waals surface area contributed by atoms with Crippen LogP contribution in [0.25, 0.3) is 16.9 Å². The Kier molecular flexibility index (Phi) is 4.38. The number of nitrogens with one attached hydrogen (secondary N) is 1. The summed E-state index contributed by atoms with van der Waals surface area (Å²) in [4.78, 5) is 22.5. The molecule has 0 spiro atoms. The Morgan fingerprint density at radius 1 is 1.21 bits per heavy atom. The first-order valence-corrected chi connectivity index (χ1v) is 10.0. The number of benzene rings is 1. The van der Waals surface area contributed by atoms with Crippen molar-refractivity contribution in [2.24, 2.45) is 0 Å². The Morgan fingerprint density at radius 3 is 3.04 bits per heavy atom. The summed E-state index contributed by atoms with van der Waals surface area (Å²) in [5.74, 6) is 0.680. The van der Waals surface area contributed by atoms with E-state index in [2.05, 4.69) is 26.7 Å². The van der Waals surface area contributed by atoms with Gasteiger partial charge in [-0.2, -0.15) is 0 Å². The van der Waals surface area contributed by atoms with Crippen LogP contribution in [0, 0.1) is 0 Å². The van der Waals surface area contributed by atoms with Crippen LogP contribution in [0.5, 0.6) is 0 Å². The Bertz CT molecular complexity index is 1130. The van der Waals surface area contributed by atoms with Crippen molar-refractivity contribution in [2.45, 2.75) is 18.9 Å². The standard InChI is InChI=1S/C21H18N4O2S/c26-20(11-18-21-14(7-9-27-18)8-10-28-21)24-15-5-6-19(22-12-15)25-13-23-16-3-1-2-4-17(16)25/h1-6,8,10,12-13,18H,7,9,11H2,(H,24,26)/t18-/m0/s1. The quantitative estimate of drug-likeness (QED) is 0.569. The van der Waals surface area contributed by atoms with Gasteiger partial charge in [0.15, 0.2) is 0 Å². The maximum absolute atomic E-state index is 12.5. The number of aromatic nitrogens is 3. The predicted molar refractivity (Wildman–Crippen MR) is 109 cm³/mol. The van der Waals surface area contributed by atoms with Crippen LogP contribution in [0.4, 0.5) is 5.69 Å². The zero-order valence-corrected chi connectivity index (χ0v) is 15.9. The first kappa shape index (κ1) is 17.1. The smallest absolute Gasteiger partial charge is 0.227 e. The van der Waals surface area contributed by atoms with E-state index in [9.17, 15) is 4.79 Å². The van der Waals surface area contributed by atoms with Gasteiger partial charge in [0.1, 0.15) is 18.2 Å². The molecule has 0 fully saturated rings. The molecular formula is C21H18N4O2S. The summed E-state index contributed by atoms with van der Waals surface area (Å²) in [5.41, 5.74) is 3.88. The average molecular weight is 390 g/mol. The highest BCUT2D eigenvalue weighted by atomic mass is 32.1. The monoisotopic (exact) mass is 390 g/mol. The zero-order valence-electron chi connectivity index (χ0n) is 15.0. The topological polar surface area (TPSA) is 69.0 Å². The van der Waals surface area contributed by atoms with Crippen molar-refractivity contribution in [2.75, 3.05) is 11.9 Å². The molecule has 1 aliphatic rings. The molecule has 5 rings (SSSR count). The molecule has 0 unspecified atom stereocenters. The van der Waals surface area contributed by atoms with E-state index in [-0.39, 0.29) is 12.0 Å². The number of ether oxygens (including phenoxy) is 1. The third kappa shape index (κ3) is 3.19. The number of para-hydroxylation sites is 2. The summed E-state index contributed by atoms with van der Waals surface area (Å²) in [6.45, 7) is 0.663. The minimum absolute atomic E-state index is 0.0751. The summed E-state index contributed by atoms with van der Waals surface area (Å²) < 4.78 is 7.73. The Labute approximate surface area is 165 Å².